The van der Waals surface area contributed by atoms with Crippen molar-refractivity contribution in [1.82, 2.24) is 4.90 Å². The van der Waals surface area contributed by atoms with Crippen molar-refractivity contribution in [2.75, 3.05) is 13.1 Å². The summed E-state index contributed by atoms with van der Waals surface area (Å²) in [6.45, 7) is 12.0. The lowest BCUT2D eigenvalue weighted by Gasteiger charge is -2.38. The maximum Gasteiger partial charge on any atom is 0.0239 e. The molecule has 1 aliphatic heterocycles. The molecule has 1 aliphatic rings. The van der Waals surface area contributed by atoms with Gasteiger partial charge in [-0.05, 0) is 75.3 Å². The van der Waals surface area contributed by atoms with Crippen molar-refractivity contribution in [1.29, 1.82) is 0 Å². The maximum absolute atomic E-state index is 5.85. The average molecular weight is 260 g/mol. The Morgan fingerprint density at radius 2 is 1.79 bits per heavy atom. The van der Waals surface area contributed by atoms with E-state index in [0.717, 1.165) is 19.6 Å². The van der Waals surface area contributed by atoms with Gasteiger partial charge in [0, 0.05) is 19.1 Å². The predicted octanol–water partition coefficient (Wildman–Crippen LogP) is 3.17. The molecule has 2 rings (SSSR count). The number of nitrogens with two attached hydrogens (primary N) is 1. The molecule has 1 aromatic carbocycles. The summed E-state index contributed by atoms with van der Waals surface area (Å²) in [6, 6.07) is 5.37. The molecule has 106 valence electrons. The number of hydrogen-bond donors (Lipinski definition) is 1. The van der Waals surface area contributed by atoms with Crippen LogP contribution in [0.5, 0.6) is 0 Å². The number of nitrogens with zero attached hydrogens (tertiary/aromatic N) is 1. The van der Waals surface area contributed by atoms with Crippen LogP contribution in [-0.4, -0.2) is 24.0 Å². The van der Waals surface area contributed by atoms with Gasteiger partial charge in [0.05, 0.1) is 0 Å². The zero-order valence-corrected chi connectivity index (χ0v) is 12.9. The van der Waals surface area contributed by atoms with E-state index < -0.39 is 0 Å². The number of piperidine rings is 1. The van der Waals surface area contributed by atoms with Crippen LogP contribution in [0.25, 0.3) is 0 Å². The highest BCUT2D eigenvalue weighted by Gasteiger charge is 2.24. The van der Waals surface area contributed by atoms with Gasteiger partial charge in [0.1, 0.15) is 0 Å². The highest BCUT2D eigenvalue weighted by Crippen LogP contribution is 2.25. The highest BCUT2D eigenvalue weighted by atomic mass is 15.2. The van der Waals surface area contributed by atoms with E-state index >= 15 is 0 Å². The lowest BCUT2D eigenvalue weighted by Crippen LogP contribution is -2.43. The second-order valence-electron chi connectivity index (χ2n) is 6.32. The van der Waals surface area contributed by atoms with Gasteiger partial charge >= 0.3 is 0 Å². The molecule has 2 nitrogen and oxygen atoms in total. The second-order valence-corrected chi connectivity index (χ2v) is 6.32. The monoisotopic (exact) mass is 260 g/mol. The fourth-order valence-electron chi connectivity index (χ4n) is 3.08. The molecule has 0 spiro atoms. The molecular weight excluding hydrogens is 232 g/mol. The number of aryl methyl sites for hydroxylation is 3. The lowest BCUT2D eigenvalue weighted by molar-refractivity contribution is 0.113. The van der Waals surface area contributed by atoms with Gasteiger partial charge in [0.15, 0.2) is 0 Å². The average Bonchev–Trinajstić information content (AvgIpc) is 2.38. The molecule has 0 saturated carbocycles. The summed E-state index contributed by atoms with van der Waals surface area (Å²) in [4.78, 5) is 2.61. The third kappa shape index (κ3) is 3.37. The van der Waals surface area contributed by atoms with Gasteiger partial charge in [0.2, 0.25) is 0 Å². The molecule has 1 fully saturated rings. The molecule has 2 heteroatoms. The van der Waals surface area contributed by atoms with Crippen LogP contribution < -0.4 is 5.73 Å². The third-order valence-electron chi connectivity index (χ3n) is 4.77. The summed E-state index contributed by atoms with van der Waals surface area (Å²) in [5.74, 6) is 0.683. The number of rotatable bonds is 3. The summed E-state index contributed by atoms with van der Waals surface area (Å²) < 4.78 is 0. The first-order valence-corrected chi connectivity index (χ1v) is 7.52. The van der Waals surface area contributed by atoms with E-state index in [0.29, 0.717) is 12.0 Å². The molecule has 2 N–H and O–H groups in total. The first-order valence-electron chi connectivity index (χ1n) is 7.52. The Morgan fingerprint density at radius 3 is 2.47 bits per heavy atom. The summed E-state index contributed by atoms with van der Waals surface area (Å²) in [7, 11) is 0. The van der Waals surface area contributed by atoms with Crippen molar-refractivity contribution >= 4 is 0 Å². The molecule has 19 heavy (non-hydrogen) atoms. The van der Waals surface area contributed by atoms with Gasteiger partial charge < -0.3 is 5.73 Å². The molecule has 1 saturated heterocycles. The molecule has 2 atom stereocenters. The Morgan fingerprint density at radius 1 is 1.11 bits per heavy atom. The summed E-state index contributed by atoms with van der Waals surface area (Å²) >= 11 is 0. The minimum Gasteiger partial charge on any atom is -0.330 e. The Hall–Kier alpha value is -0.860. The molecule has 0 bridgehead atoms. The van der Waals surface area contributed by atoms with Crippen LogP contribution in [0.4, 0.5) is 0 Å². The predicted molar refractivity (Wildman–Crippen MR) is 82.3 cm³/mol. The third-order valence-corrected chi connectivity index (χ3v) is 4.77. The fourth-order valence-corrected chi connectivity index (χ4v) is 3.08. The van der Waals surface area contributed by atoms with Gasteiger partial charge in [-0.2, -0.15) is 0 Å². The van der Waals surface area contributed by atoms with E-state index in [-0.39, 0.29) is 0 Å². The quantitative estimate of drug-likeness (QED) is 0.904. The number of hydrogen-bond acceptors (Lipinski definition) is 2. The molecular formula is C17H28N2. The Labute approximate surface area is 118 Å². The Balaban J connectivity index is 2.13. The maximum atomic E-state index is 5.85. The topological polar surface area (TPSA) is 29.3 Å². The molecule has 1 heterocycles. The van der Waals surface area contributed by atoms with Crippen LogP contribution in [0.15, 0.2) is 12.1 Å². The summed E-state index contributed by atoms with van der Waals surface area (Å²) in [6.07, 6.45) is 2.58. The van der Waals surface area contributed by atoms with Crippen LogP contribution in [0.3, 0.4) is 0 Å². The van der Waals surface area contributed by atoms with E-state index in [9.17, 15) is 0 Å². The minimum absolute atomic E-state index is 0.683. The molecule has 0 aromatic heterocycles. The fraction of sp³-hybridized carbons (Fsp3) is 0.647. The van der Waals surface area contributed by atoms with Crippen molar-refractivity contribution in [3.63, 3.8) is 0 Å². The van der Waals surface area contributed by atoms with Crippen molar-refractivity contribution in [3.05, 3.63) is 34.4 Å². The van der Waals surface area contributed by atoms with Gasteiger partial charge in [-0.15, -0.1) is 0 Å². The van der Waals surface area contributed by atoms with Crippen molar-refractivity contribution < 1.29 is 0 Å². The normalized spacial score (nSPS) is 24.7. The number of likely N-dealkylation sites (tertiary alicyclic amines) is 1. The highest BCUT2D eigenvalue weighted by molar-refractivity contribution is 5.36. The Bertz CT molecular complexity index is 439. The molecule has 0 amide bonds. The van der Waals surface area contributed by atoms with Crippen LogP contribution in [0.1, 0.15) is 42.0 Å². The smallest absolute Gasteiger partial charge is 0.0239 e. The molecule has 0 radical (unpaired) electrons. The zero-order chi connectivity index (χ0) is 14.0. The van der Waals surface area contributed by atoms with E-state index in [1.807, 2.05) is 0 Å². The largest absolute Gasteiger partial charge is 0.330 e. The standard InChI is InChI=1S/C17H28N2/c1-12-7-14(3)17(8-13(12)2)11-19-10-16(9-18)6-5-15(19)4/h7-8,15-16H,5-6,9-11,18H2,1-4H3. The van der Waals surface area contributed by atoms with Crippen LogP contribution in [0.2, 0.25) is 0 Å². The van der Waals surface area contributed by atoms with Crippen LogP contribution in [0, 0.1) is 26.7 Å². The Kier molecular flexibility index (Phi) is 4.64. The van der Waals surface area contributed by atoms with Crippen LogP contribution >= 0.6 is 0 Å². The summed E-state index contributed by atoms with van der Waals surface area (Å²) in [5, 5.41) is 0. The lowest BCUT2D eigenvalue weighted by atomic mass is 9.92. The van der Waals surface area contributed by atoms with Gasteiger partial charge in [-0.25, -0.2) is 0 Å². The summed E-state index contributed by atoms with van der Waals surface area (Å²) in [5.41, 5.74) is 11.6. The van der Waals surface area contributed by atoms with Crippen molar-refractivity contribution in [3.8, 4) is 0 Å². The molecule has 2 unspecified atom stereocenters. The van der Waals surface area contributed by atoms with E-state index in [1.54, 1.807) is 0 Å². The first-order chi connectivity index (χ1) is 9.01. The second kappa shape index (κ2) is 6.06. The van der Waals surface area contributed by atoms with E-state index in [1.165, 1.54) is 35.1 Å². The first kappa shape index (κ1) is 14.5. The SMILES string of the molecule is Cc1cc(C)c(CN2CC(CN)CCC2C)cc1C. The molecule has 1 aromatic rings. The van der Waals surface area contributed by atoms with E-state index in [4.69, 9.17) is 5.73 Å². The van der Waals surface area contributed by atoms with Crippen LogP contribution in [-0.2, 0) is 6.54 Å². The van der Waals surface area contributed by atoms with E-state index in [2.05, 4.69) is 44.7 Å². The van der Waals surface area contributed by atoms with Crippen molar-refractivity contribution in [2.45, 2.75) is 53.1 Å². The zero-order valence-electron chi connectivity index (χ0n) is 12.9. The van der Waals surface area contributed by atoms with Gasteiger partial charge in [-0.3, -0.25) is 4.90 Å². The van der Waals surface area contributed by atoms with Gasteiger partial charge in [-0.1, -0.05) is 12.1 Å². The number of benzene rings is 1. The van der Waals surface area contributed by atoms with Gasteiger partial charge in [0.25, 0.3) is 0 Å². The molecule has 0 aliphatic carbocycles. The van der Waals surface area contributed by atoms with Crippen molar-refractivity contribution in [2.24, 2.45) is 11.7 Å². The minimum atomic E-state index is 0.683.